The Bertz CT molecular complexity index is 1190. The van der Waals surface area contributed by atoms with Crippen LogP contribution >= 0.6 is 27.3 Å². The monoisotopic (exact) mass is 495 g/mol. The molecule has 0 unspecified atom stereocenters. The number of hydrazine groups is 1. The van der Waals surface area contributed by atoms with Gasteiger partial charge in [0.1, 0.15) is 11.2 Å². The van der Waals surface area contributed by atoms with Crippen molar-refractivity contribution in [3.8, 4) is 11.1 Å². The lowest BCUT2D eigenvalue weighted by molar-refractivity contribution is 0.0962. The summed E-state index contributed by atoms with van der Waals surface area (Å²) >= 11 is 5.02. The number of fused-ring (bicyclic) bond motifs is 1. The summed E-state index contributed by atoms with van der Waals surface area (Å²) < 4.78 is 1.02. The molecule has 0 radical (unpaired) electrons. The number of nitrogens with one attached hydrogen (secondary N) is 2. The van der Waals surface area contributed by atoms with Crippen molar-refractivity contribution < 1.29 is 4.79 Å². The smallest absolute Gasteiger partial charge is 0.269 e. The van der Waals surface area contributed by atoms with Gasteiger partial charge in [0.25, 0.3) is 5.91 Å². The van der Waals surface area contributed by atoms with E-state index in [4.69, 9.17) is 0 Å². The highest BCUT2D eigenvalue weighted by Crippen LogP contribution is 2.36. The Balaban J connectivity index is 1.54. The van der Waals surface area contributed by atoms with Crippen LogP contribution in [0.1, 0.15) is 24.2 Å². The first-order valence-electron chi connectivity index (χ1n) is 10.00. The topological polar surface area (TPSA) is 70.2 Å². The average molecular weight is 496 g/mol. The molecule has 158 valence electrons. The zero-order valence-corrected chi connectivity index (χ0v) is 19.6. The van der Waals surface area contributed by atoms with E-state index in [2.05, 4.69) is 60.9 Å². The second-order valence-electron chi connectivity index (χ2n) is 6.86. The van der Waals surface area contributed by atoms with Gasteiger partial charge in [-0.3, -0.25) is 15.6 Å². The highest BCUT2D eigenvalue weighted by molar-refractivity contribution is 9.10. The van der Waals surface area contributed by atoms with Crippen LogP contribution in [-0.2, 0) is 0 Å². The van der Waals surface area contributed by atoms with Gasteiger partial charge in [-0.25, -0.2) is 9.97 Å². The standard InChI is InChI=1S/C23H22BrN5OS/c1-3-29(4-2)18-11-7-16(8-12-18)22(30)28-27-21-20-19(13-31-23(20)26-14-25-21)15-5-9-17(24)10-6-15/h5-14H,3-4H2,1-2H3,(H,28,30)(H,25,26,27). The number of amides is 1. The van der Waals surface area contributed by atoms with Crippen molar-refractivity contribution in [2.24, 2.45) is 0 Å². The predicted octanol–water partition coefficient (Wildman–Crippen LogP) is 5.72. The molecule has 1 amide bonds. The van der Waals surface area contributed by atoms with Gasteiger partial charge in [-0.2, -0.15) is 0 Å². The maximum atomic E-state index is 12.7. The highest BCUT2D eigenvalue weighted by atomic mass is 79.9. The van der Waals surface area contributed by atoms with Gasteiger partial charge in [0.05, 0.1) is 5.39 Å². The molecule has 0 saturated carbocycles. The molecule has 0 spiro atoms. The van der Waals surface area contributed by atoms with E-state index in [1.54, 1.807) is 11.3 Å². The number of carbonyl (C=O) groups excluding carboxylic acids is 1. The number of anilines is 2. The summed E-state index contributed by atoms with van der Waals surface area (Å²) in [6.07, 6.45) is 1.50. The predicted molar refractivity (Wildman–Crippen MR) is 132 cm³/mol. The molecule has 0 fully saturated rings. The number of rotatable bonds is 7. The normalized spacial score (nSPS) is 10.8. The first-order chi connectivity index (χ1) is 15.1. The van der Waals surface area contributed by atoms with Gasteiger partial charge in [0, 0.05) is 39.8 Å². The molecule has 0 saturated heterocycles. The van der Waals surface area contributed by atoms with Gasteiger partial charge in [-0.05, 0) is 55.8 Å². The summed E-state index contributed by atoms with van der Waals surface area (Å²) in [5, 5.41) is 2.94. The third kappa shape index (κ3) is 4.55. The Kier molecular flexibility index (Phi) is 6.48. The molecule has 2 aromatic carbocycles. The summed E-state index contributed by atoms with van der Waals surface area (Å²) in [7, 11) is 0. The van der Waals surface area contributed by atoms with E-state index in [9.17, 15) is 4.79 Å². The summed E-state index contributed by atoms with van der Waals surface area (Å²) in [6, 6.07) is 15.7. The average Bonchev–Trinajstić information content (AvgIpc) is 3.24. The van der Waals surface area contributed by atoms with Gasteiger partial charge in [0.2, 0.25) is 0 Å². The molecule has 6 nitrogen and oxygen atoms in total. The summed E-state index contributed by atoms with van der Waals surface area (Å²) in [4.78, 5) is 24.5. The van der Waals surface area contributed by atoms with Crippen molar-refractivity contribution in [1.82, 2.24) is 15.4 Å². The van der Waals surface area contributed by atoms with Crippen LogP contribution in [0.5, 0.6) is 0 Å². The lowest BCUT2D eigenvalue weighted by Gasteiger charge is -2.21. The van der Waals surface area contributed by atoms with E-state index in [-0.39, 0.29) is 5.91 Å². The molecule has 0 aliphatic rings. The van der Waals surface area contributed by atoms with Crippen molar-refractivity contribution in [2.45, 2.75) is 13.8 Å². The largest absolute Gasteiger partial charge is 0.372 e. The quantitative estimate of drug-likeness (QED) is 0.320. The maximum absolute atomic E-state index is 12.7. The minimum Gasteiger partial charge on any atom is -0.372 e. The Morgan fingerprint density at radius 3 is 2.42 bits per heavy atom. The third-order valence-electron chi connectivity index (χ3n) is 5.08. The van der Waals surface area contributed by atoms with Crippen LogP contribution in [0.15, 0.2) is 64.7 Å². The lowest BCUT2D eigenvalue weighted by Crippen LogP contribution is -2.30. The van der Waals surface area contributed by atoms with Crippen molar-refractivity contribution >= 4 is 54.9 Å². The number of hydrogen-bond donors (Lipinski definition) is 2. The van der Waals surface area contributed by atoms with Crippen LogP contribution in [0.25, 0.3) is 21.3 Å². The number of thiophene rings is 1. The van der Waals surface area contributed by atoms with Crippen LogP contribution in [0.2, 0.25) is 0 Å². The van der Waals surface area contributed by atoms with Crippen LogP contribution in [0.3, 0.4) is 0 Å². The Morgan fingerprint density at radius 2 is 1.74 bits per heavy atom. The van der Waals surface area contributed by atoms with Crippen LogP contribution in [0.4, 0.5) is 11.5 Å². The zero-order valence-electron chi connectivity index (χ0n) is 17.2. The Morgan fingerprint density at radius 1 is 1.03 bits per heavy atom. The van der Waals surface area contributed by atoms with Gasteiger partial charge >= 0.3 is 0 Å². The van der Waals surface area contributed by atoms with E-state index < -0.39 is 0 Å². The summed E-state index contributed by atoms with van der Waals surface area (Å²) in [5.74, 6) is 0.343. The van der Waals surface area contributed by atoms with Crippen LogP contribution in [-0.4, -0.2) is 29.0 Å². The molecule has 8 heteroatoms. The molecular weight excluding hydrogens is 474 g/mol. The maximum Gasteiger partial charge on any atom is 0.269 e. The molecule has 2 heterocycles. The highest BCUT2D eigenvalue weighted by Gasteiger charge is 2.14. The van der Waals surface area contributed by atoms with Gasteiger partial charge in [0.15, 0.2) is 5.82 Å². The van der Waals surface area contributed by atoms with Gasteiger partial charge < -0.3 is 4.90 Å². The summed E-state index contributed by atoms with van der Waals surface area (Å²) in [6.45, 7) is 6.08. The van der Waals surface area contributed by atoms with E-state index in [0.717, 1.165) is 44.6 Å². The summed E-state index contributed by atoms with van der Waals surface area (Å²) in [5.41, 5.74) is 9.52. The van der Waals surface area contributed by atoms with Crippen LogP contribution < -0.4 is 15.8 Å². The first kappa shape index (κ1) is 21.3. The number of carbonyl (C=O) groups is 1. The van der Waals surface area contributed by atoms with Crippen LogP contribution in [0, 0.1) is 0 Å². The molecule has 0 atom stereocenters. The molecule has 2 N–H and O–H groups in total. The molecule has 0 aliphatic carbocycles. The van der Waals surface area contributed by atoms with Crippen molar-refractivity contribution in [3.05, 3.63) is 70.3 Å². The van der Waals surface area contributed by atoms with Crippen molar-refractivity contribution in [2.75, 3.05) is 23.4 Å². The fraction of sp³-hybridized carbons (Fsp3) is 0.174. The second kappa shape index (κ2) is 9.45. The van der Waals surface area contributed by atoms with E-state index in [0.29, 0.717) is 11.4 Å². The molecule has 31 heavy (non-hydrogen) atoms. The van der Waals surface area contributed by atoms with E-state index in [1.165, 1.54) is 6.33 Å². The number of hydrogen-bond acceptors (Lipinski definition) is 6. The molecule has 0 bridgehead atoms. The molecular formula is C23H22BrN5OS. The zero-order chi connectivity index (χ0) is 21.8. The first-order valence-corrected chi connectivity index (χ1v) is 11.7. The molecule has 4 rings (SSSR count). The Hall–Kier alpha value is -2.97. The SMILES string of the molecule is CCN(CC)c1ccc(C(=O)NNc2ncnc3scc(-c4ccc(Br)cc4)c23)cc1. The number of benzene rings is 2. The van der Waals surface area contributed by atoms with Gasteiger partial charge in [-0.15, -0.1) is 11.3 Å². The fourth-order valence-electron chi connectivity index (χ4n) is 3.41. The number of aromatic nitrogens is 2. The molecule has 0 aliphatic heterocycles. The lowest BCUT2D eigenvalue weighted by atomic mass is 10.1. The minimum absolute atomic E-state index is 0.224. The fourth-order valence-corrected chi connectivity index (χ4v) is 4.59. The Labute approximate surface area is 193 Å². The second-order valence-corrected chi connectivity index (χ2v) is 8.63. The van der Waals surface area contributed by atoms with Crippen molar-refractivity contribution in [3.63, 3.8) is 0 Å². The van der Waals surface area contributed by atoms with E-state index >= 15 is 0 Å². The molecule has 4 aromatic rings. The van der Waals surface area contributed by atoms with Gasteiger partial charge in [-0.1, -0.05) is 28.1 Å². The number of nitrogens with zero attached hydrogens (tertiary/aromatic N) is 3. The van der Waals surface area contributed by atoms with E-state index in [1.807, 2.05) is 48.5 Å². The van der Waals surface area contributed by atoms with Crippen molar-refractivity contribution in [1.29, 1.82) is 0 Å². The minimum atomic E-state index is -0.224. The third-order valence-corrected chi connectivity index (χ3v) is 6.49. The molecule has 2 aromatic heterocycles. The number of halogens is 1.